The first-order chi connectivity index (χ1) is 14.6. The molecule has 0 saturated heterocycles. The molecule has 0 atom stereocenters. The molecule has 152 valence electrons. The molecule has 1 aliphatic rings. The molecule has 30 heavy (non-hydrogen) atoms. The average molecular weight is 439 g/mol. The van der Waals surface area contributed by atoms with Crippen molar-refractivity contribution >= 4 is 49.0 Å². The quantitative estimate of drug-likeness (QED) is 0.486. The van der Waals surface area contributed by atoms with E-state index in [1.54, 1.807) is 35.9 Å². The van der Waals surface area contributed by atoms with E-state index >= 15 is 0 Å². The van der Waals surface area contributed by atoms with Gasteiger partial charge in [-0.3, -0.25) is 0 Å². The molecule has 0 spiro atoms. The van der Waals surface area contributed by atoms with Gasteiger partial charge in [-0.15, -0.1) is 11.3 Å². The predicted octanol–water partition coefficient (Wildman–Crippen LogP) is 3.90. The number of nitrogens with zero attached hydrogens (tertiary/aromatic N) is 4. The number of aryl methyl sites for hydroxylation is 2. The van der Waals surface area contributed by atoms with Crippen molar-refractivity contribution in [2.75, 3.05) is 10.0 Å². The molecule has 8 nitrogen and oxygen atoms in total. The Labute approximate surface area is 177 Å². The fraction of sp³-hybridized carbons (Fsp3) is 0.200. The molecule has 0 unspecified atom stereocenters. The number of sulfonamides is 1. The van der Waals surface area contributed by atoms with Gasteiger partial charge in [-0.1, -0.05) is 0 Å². The summed E-state index contributed by atoms with van der Waals surface area (Å²) >= 11 is 1.74. The molecular formula is C20H18N6O2S2. The lowest BCUT2D eigenvalue weighted by molar-refractivity contribution is 0.601. The standard InChI is InChI=1S/C20H18N6O2S2/c27-30(28,26-20-21-10-3-11-22-20)14-8-6-13(7-9-14)25-18-17-15-4-1-2-5-16(15)29-19(17)24-12-23-18/h3,6-12H,1-2,4-5H2,(H,21,22,26)(H,23,24,25). The smallest absolute Gasteiger partial charge is 0.264 e. The number of fused-ring (bicyclic) bond motifs is 3. The summed E-state index contributed by atoms with van der Waals surface area (Å²) in [4.78, 5) is 19.2. The van der Waals surface area contributed by atoms with Crippen LogP contribution in [0.15, 0.2) is 53.9 Å². The highest BCUT2D eigenvalue weighted by molar-refractivity contribution is 7.92. The van der Waals surface area contributed by atoms with Gasteiger partial charge in [0.1, 0.15) is 17.0 Å². The maximum Gasteiger partial charge on any atom is 0.264 e. The summed E-state index contributed by atoms with van der Waals surface area (Å²) in [6.07, 6.45) is 9.05. The topological polar surface area (TPSA) is 110 Å². The Morgan fingerprint density at radius 1 is 0.933 bits per heavy atom. The van der Waals surface area contributed by atoms with Crippen LogP contribution in [0.4, 0.5) is 17.5 Å². The number of hydrogen-bond acceptors (Lipinski definition) is 8. The van der Waals surface area contributed by atoms with Gasteiger partial charge in [0.05, 0.1) is 10.3 Å². The molecule has 0 aliphatic heterocycles. The van der Waals surface area contributed by atoms with Gasteiger partial charge in [0, 0.05) is 23.0 Å². The fourth-order valence-electron chi connectivity index (χ4n) is 3.57. The van der Waals surface area contributed by atoms with Crippen molar-refractivity contribution in [3.05, 3.63) is 59.5 Å². The van der Waals surface area contributed by atoms with E-state index in [1.807, 2.05) is 0 Å². The Hall–Kier alpha value is -3.11. The summed E-state index contributed by atoms with van der Waals surface area (Å²) in [5.41, 5.74) is 2.09. The zero-order valence-corrected chi connectivity index (χ0v) is 17.5. The Morgan fingerprint density at radius 2 is 1.70 bits per heavy atom. The first-order valence-electron chi connectivity index (χ1n) is 9.52. The van der Waals surface area contributed by atoms with Gasteiger partial charge in [-0.25, -0.2) is 33.1 Å². The summed E-state index contributed by atoms with van der Waals surface area (Å²) < 4.78 is 27.5. The Kier molecular flexibility index (Phi) is 4.80. The van der Waals surface area contributed by atoms with E-state index in [0.717, 1.165) is 34.6 Å². The van der Waals surface area contributed by atoms with E-state index in [4.69, 9.17) is 0 Å². The molecule has 0 saturated carbocycles. The second-order valence-corrected chi connectivity index (χ2v) is 9.71. The third-order valence-corrected chi connectivity index (χ3v) is 7.51. The van der Waals surface area contributed by atoms with Gasteiger partial charge in [0.25, 0.3) is 10.0 Å². The molecule has 0 amide bonds. The Morgan fingerprint density at radius 3 is 2.50 bits per heavy atom. The molecule has 3 aromatic heterocycles. The van der Waals surface area contributed by atoms with Gasteiger partial charge >= 0.3 is 0 Å². The SMILES string of the molecule is O=S(=O)(Nc1ncccn1)c1ccc(Nc2ncnc3sc4c(c23)CCCC4)cc1. The maximum atomic E-state index is 12.5. The minimum Gasteiger partial charge on any atom is -0.340 e. The average Bonchev–Trinajstić information content (AvgIpc) is 3.14. The molecule has 0 radical (unpaired) electrons. The van der Waals surface area contributed by atoms with Crippen LogP contribution in [0.5, 0.6) is 0 Å². The maximum absolute atomic E-state index is 12.5. The lowest BCUT2D eigenvalue weighted by atomic mass is 9.97. The Balaban J connectivity index is 1.41. The third-order valence-electron chi connectivity index (χ3n) is 4.97. The van der Waals surface area contributed by atoms with Crippen molar-refractivity contribution in [1.29, 1.82) is 0 Å². The number of benzene rings is 1. The monoisotopic (exact) mass is 438 g/mol. The van der Waals surface area contributed by atoms with E-state index in [1.165, 1.54) is 47.8 Å². The highest BCUT2D eigenvalue weighted by Gasteiger charge is 2.20. The number of aromatic nitrogens is 4. The lowest BCUT2D eigenvalue weighted by Crippen LogP contribution is -2.14. The largest absolute Gasteiger partial charge is 0.340 e. The molecule has 3 heterocycles. The van der Waals surface area contributed by atoms with E-state index in [-0.39, 0.29) is 10.8 Å². The van der Waals surface area contributed by atoms with Crippen LogP contribution in [0.3, 0.4) is 0 Å². The molecular weight excluding hydrogens is 420 g/mol. The van der Waals surface area contributed by atoms with E-state index in [2.05, 4.69) is 30.0 Å². The minimum absolute atomic E-state index is 0.0327. The highest BCUT2D eigenvalue weighted by Crippen LogP contribution is 2.38. The number of nitrogens with one attached hydrogen (secondary N) is 2. The zero-order valence-electron chi connectivity index (χ0n) is 15.9. The van der Waals surface area contributed by atoms with E-state index in [0.29, 0.717) is 0 Å². The van der Waals surface area contributed by atoms with Crippen molar-refractivity contribution in [3.8, 4) is 0 Å². The first kappa shape index (κ1) is 18.9. The van der Waals surface area contributed by atoms with Crippen molar-refractivity contribution in [1.82, 2.24) is 19.9 Å². The van der Waals surface area contributed by atoms with Gasteiger partial charge in [-0.2, -0.15) is 0 Å². The summed E-state index contributed by atoms with van der Waals surface area (Å²) in [6, 6.07) is 8.12. The summed E-state index contributed by atoms with van der Waals surface area (Å²) in [5.74, 6) is 0.788. The zero-order chi connectivity index (χ0) is 20.6. The van der Waals surface area contributed by atoms with E-state index in [9.17, 15) is 8.42 Å². The number of thiophene rings is 1. The van der Waals surface area contributed by atoms with Crippen LogP contribution >= 0.6 is 11.3 Å². The normalized spacial score (nSPS) is 13.7. The molecule has 1 aromatic carbocycles. The number of rotatable bonds is 5. The molecule has 1 aliphatic carbocycles. The second kappa shape index (κ2) is 7.62. The van der Waals surface area contributed by atoms with Crippen LogP contribution in [0.2, 0.25) is 0 Å². The summed E-state index contributed by atoms with van der Waals surface area (Å²) in [6.45, 7) is 0. The van der Waals surface area contributed by atoms with Crippen molar-refractivity contribution in [3.63, 3.8) is 0 Å². The molecule has 0 bridgehead atoms. The number of hydrogen-bond donors (Lipinski definition) is 2. The van der Waals surface area contributed by atoms with Gasteiger partial charge in [0.2, 0.25) is 5.95 Å². The molecule has 2 N–H and O–H groups in total. The van der Waals surface area contributed by atoms with Crippen LogP contribution in [-0.2, 0) is 22.9 Å². The van der Waals surface area contributed by atoms with Crippen LogP contribution < -0.4 is 10.0 Å². The van der Waals surface area contributed by atoms with Crippen LogP contribution in [0, 0.1) is 0 Å². The lowest BCUT2D eigenvalue weighted by Gasteiger charge is -2.13. The van der Waals surface area contributed by atoms with Crippen LogP contribution in [-0.4, -0.2) is 28.4 Å². The highest BCUT2D eigenvalue weighted by atomic mass is 32.2. The predicted molar refractivity (Wildman–Crippen MR) is 117 cm³/mol. The van der Waals surface area contributed by atoms with Crippen molar-refractivity contribution < 1.29 is 8.42 Å². The van der Waals surface area contributed by atoms with Gasteiger partial charge < -0.3 is 5.32 Å². The summed E-state index contributed by atoms with van der Waals surface area (Å²) in [7, 11) is -3.77. The Bertz CT molecular complexity index is 1300. The van der Waals surface area contributed by atoms with E-state index < -0.39 is 10.0 Å². The first-order valence-corrected chi connectivity index (χ1v) is 11.8. The summed E-state index contributed by atoms with van der Waals surface area (Å²) in [5, 5.41) is 4.41. The second-order valence-electron chi connectivity index (χ2n) is 6.94. The van der Waals surface area contributed by atoms with Gasteiger partial charge in [0.15, 0.2) is 0 Å². The third kappa shape index (κ3) is 3.59. The van der Waals surface area contributed by atoms with Crippen LogP contribution in [0.1, 0.15) is 23.3 Å². The fourth-order valence-corrected chi connectivity index (χ4v) is 5.76. The molecule has 5 rings (SSSR count). The molecule has 0 fully saturated rings. The number of anilines is 3. The van der Waals surface area contributed by atoms with Crippen LogP contribution in [0.25, 0.3) is 10.2 Å². The van der Waals surface area contributed by atoms with Crippen molar-refractivity contribution in [2.45, 2.75) is 30.6 Å². The molecule has 4 aromatic rings. The van der Waals surface area contributed by atoms with Crippen molar-refractivity contribution in [2.24, 2.45) is 0 Å². The minimum atomic E-state index is -3.77. The van der Waals surface area contributed by atoms with Gasteiger partial charge in [-0.05, 0) is 61.6 Å². The molecule has 10 heteroatoms.